The van der Waals surface area contributed by atoms with E-state index in [1.165, 1.54) is 30.0 Å². The van der Waals surface area contributed by atoms with Crippen LogP contribution in [0.1, 0.15) is 5.56 Å². The van der Waals surface area contributed by atoms with E-state index in [4.69, 9.17) is 0 Å². The van der Waals surface area contributed by atoms with Crippen molar-refractivity contribution in [2.75, 3.05) is 31.1 Å². The Hall–Kier alpha value is -4.01. The molecule has 3 aromatic rings. The summed E-state index contributed by atoms with van der Waals surface area (Å²) in [6.07, 6.45) is 6.03. The summed E-state index contributed by atoms with van der Waals surface area (Å²) in [5, 5.41) is 0. The number of amides is 1. The molecule has 0 bridgehead atoms. The zero-order valence-corrected chi connectivity index (χ0v) is 18.0. The average molecular weight is 432 g/mol. The first-order valence-electron chi connectivity index (χ1n) is 10.3. The van der Waals surface area contributed by atoms with Gasteiger partial charge >= 0.3 is 5.69 Å². The molecule has 4 rings (SSSR count). The highest BCUT2D eigenvalue weighted by molar-refractivity contribution is 5.91. The Morgan fingerprint density at radius 1 is 1.00 bits per heavy atom. The van der Waals surface area contributed by atoms with Crippen LogP contribution in [0.2, 0.25) is 0 Å². The molecule has 0 radical (unpaired) electrons. The summed E-state index contributed by atoms with van der Waals surface area (Å²) < 4.78 is 2.34. The molecule has 0 atom stereocenters. The molecule has 0 spiro atoms. The second kappa shape index (κ2) is 9.01. The predicted octanol–water partition coefficient (Wildman–Crippen LogP) is 0.903. The number of anilines is 1. The highest BCUT2D eigenvalue weighted by Gasteiger charge is 2.21. The van der Waals surface area contributed by atoms with E-state index in [-0.39, 0.29) is 11.5 Å². The lowest BCUT2D eigenvalue weighted by atomic mass is 10.2. The van der Waals surface area contributed by atoms with Gasteiger partial charge in [-0.05, 0) is 12.1 Å². The van der Waals surface area contributed by atoms with Crippen LogP contribution >= 0.6 is 0 Å². The van der Waals surface area contributed by atoms with Crippen LogP contribution < -0.4 is 16.1 Å². The summed E-state index contributed by atoms with van der Waals surface area (Å²) in [4.78, 5) is 49.5. The maximum Gasteiger partial charge on any atom is 0.330 e. The third kappa shape index (κ3) is 4.36. The van der Waals surface area contributed by atoms with Gasteiger partial charge in [0.1, 0.15) is 5.82 Å². The predicted molar refractivity (Wildman–Crippen MR) is 122 cm³/mol. The van der Waals surface area contributed by atoms with Crippen LogP contribution in [-0.4, -0.2) is 56.1 Å². The topological polar surface area (TPSA) is 93.3 Å². The zero-order chi connectivity index (χ0) is 22.7. The summed E-state index contributed by atoms with van der Waals surface area (Å²) in [7, 11) is 2.98. The van der Waals surface area contributed by atoms with E-state index in [0.717, 1.165) is 15.9 Å². The quantitative estimate of drug-likeness (QED) is 0.569. The summed E-state index contributed by atoms with van der Waals surface area (Å²) in [5.74, 6) is 1.33. The van der Waals surface area contributed by atoms with E-state index in [0.29, 0.717) is 32.0 Å². The van der Waals surface area contributed by atoms with Gasteiger partial charge in [-0.25, -0.2) is 14.8 Å². The smallest absolute Gasteiger partial charge is 0.330 e. The molecule has 1 fully saturated rings. The lowest BCUT2D eigenvalue weighted by Gasteiger charge is -2.35. The SMILES string of the molecule is Cn1cc(/C=C/C(=O)N2CCN(c3ccnc(-c4ccccc4)n3)CC2)c(=O)n(C)c1=O. The molecule has 0 aliphatic carbocycles. The number of carbonyl (C=O) groups excluding carboxylic acids is 1. The fourth-order valence-corrected chi connectivity index (χ4v) is 3.62. The molecule has 9 heteroatoms. The van der Waals surface area contributed by atoms with Crippen molar-refractivity contribution in [3.8, 4) is 11.4 Å². The molecule has 0 unspecified atom stereocenters. The standard InChI is InChI=1S/C23H24N6O3/c1-26-16-18(22(31)27(2)23(26)32)8-9-20(30)29-14-12-28(13-15-29)19-10-11-24-21(25-19)17-6-4-3-5-7-17/h3-11,16H,12-15H2,1-2H3/b9-8+. The molecule has 32 heavy (non-hydrogen) atoms. The molecule has 1 aromatic carbocycles. The van der Waals surface area contributed by atoms with Crippen molar-refractivity contribution in [3.63, 3.8) is 0 Å². The van der Waals surface area contributed by atoms with Gasteiger partial charge < -0.3 is 14.4 Å². The summed E-state index contributed by atoms with van der Waals surface area (Å²) in [5.41, 5.74) is 0.406. The van der Waals surface area contributed by atoms with E-state index >= 15 is 0 Å². The molecule has 1 aliphatic heterocycles. The van der Waals surface area contributed by atoms with Crippen molar-refractivity contribution < 1.29 is 4.79 Å². The number of rotatable bonds is 4. The van der Waals surface area contributed by atoms with Crippen molar-refractivity contribution in [1.29, 1.82) is 0 Å². The maximum atomic E-state index is 12.6. The van der Waals surface area contributed by atoms with Gasteiger partial charge in [0.2, 0.25) is 5.91 Å². The van der Waals surface area contributed by atoms with Crippen molar-refractivity contribution in [3.05, 3.63) is 81.3 Å². The second-order valence-electron chi connectivity index (χ2n) is 7.59. The second-order valence-corrected chi connectivity index (χ2v) is 7.59. The number of nitrogens with zero attached hydrogens (tertiary/aromatic N) is 6. The monoisotopic (exact) mass is 432 g/mol. The van der Waals surface area contributed by atoms with Gasteiger partial charge in [0.25, 0.3) is 5.56 Å². The maximum absolute atomic E-state index is 12.6. The molecule has 0 N–H and O–H groups in total. The van der Waals surface area contributed by atoms with Crippen molar-refractivity contribution in [2.45, 2.75) is 0 Å². The molecular weight excluding hydrogens is 408 g/mol. The van der Waals surface area contributed by atoms with Crippen molar-refractivity contribution in [2.24, 2.45) is 14.1 Å². The van der Waals surface area contributed by atoms with E-state index in [9.17, 15) is 14.4 Å². The van der Waals surface area contributed by atoms with Gasteiger partial charge in [0, 0.05) is 64.3 Å². The third-order valence-corrected chi connectivity index (χ3v) is 5.47. The van der Waals surface area contributed by atoms with Gasteiger partial charge in [0.15, 0.2) is 5.82 Å². The van der Waals surface area contributed by atoms with Crippen LogP contribution in [0.3, 0.4) is 0 Å². The number of carbonyl (C=O) groups is 1. The van der Waals surface area contributed by atoms with Crippen LogP contribution in [-0.2, 0) is 18.9 Å². The van der Waals surface area contributed by atoms with Crippen LogP contribution in [0.25, 0.3) is 17.5 Å². The fraction of sp³-hybridized carbons (Fsp3) is 0.261. The molecule has 0 saturated carbocycles. The molecule has 1 aliphatic rings. The Bertz CT molecular complexity index is 1270. The highest BCUT2D eigenvalue weighted by Crippen LogP contribution is 2.19. The molecule has 1 saturated heterocycles. The first kappa shape index (κ1) is 21.2. The number of hydrogen-bond acceptors (Lipinski definition) is 6. The minimum Gasteiger partial charge on any atom is -0.353 e. The van der Waals surface area contributed by atoms with Crippen molar-refractivity contribution in [1.82, 2.24) is 24.0 Å². The molecule has 3 heterocycles. The zero-order valence-electron chi connectivity index (χ0n) is 18.0. The van der Waals surface area contributed by atoms with Gasteiger partial charge in [-0.1, -0.05) is 30.3 Å². The van der Waals surface area contributed by atoms with Gasteiger partial charge in [-0.15, -0.1) is 0 Å². The van der Waals surface area contributed by atoms with E-state index in [2.05, 4.69) is 14.9 Å². The van der Waals surface area contributed by atoms with E-state index in [1.54, 1.807) is 18.1 Å². The third-order valence-electron chi connectivity index (χ3n) is 5.47. The van der Waals surface area contributed by atoms with Crippen LogP contribution in [0.4, 0.5) is 5.82 Å². The van der Waals surface area contributed by atoms with Gasteiger partial charge in [-0.2, -0.15) is 0 Å². The van der Waals surface area contributed by atoms with E-state index < -0.39 is 11.2 Å². The Morgan fingerprint density at radius 2 is 1.72 bits per heavy atom. The molecule has 2 aromatic heterocycles. The molecule has 164 valence electrons. The summed E-state index contributed by atoms with van der Waals surface area (Å²) in [6.45, 7) is 2.37. The van der Waals surface area contributed by atoms with Crippen LogP contribution in [0.5, 0.6) is 0 Å². The Kier molecular flexibility index (Phi) is 5.98. The minimum atomic E-state index is -0.431. The number of hydrogen-bond donors (Lipinski definition) is 0. The molecule has 9 nitrogen and oxygen atoms in total. The Balaban J connectivity index is 1.41. The first-order chi connectivity index (χ1) is 15.4. The minimum absolute atomic E-state index is 0.173. The fourth-order valence-electron chi connectivity index (χ4n) is 3.62. The van der Waals surface area contributed by atoms with Crippen molar-refractivity contribution >= 4 is 17.8 Å². The normalized spacial score (nSPS) is 14.2. The van der Waals surface area contributed by atoms with Crippen LogP contribution in [0.15, 0.2) is 64.5 Å². The lowest BCUT2D eigenvalue weighted by molar-refractivity contribution is -0.126. The number of aromatic nitrogens is 4. The van der Waals surface area contributed by atoms with E-state index in [1.807, 2.05) is 36.4 Å². The largest absolute Gasteiger partial charge is 0.353 e. The lowest BCUT2D eigenvalue weighted by Crippen LogP contribution is -2.48. The van der Waals surface area contributed by atoms with Gasteiger partial charge in [-0.3, -0.25) is 14.2 Å². The molecular formula is C23H24N6O3. The first-order valence-corrected chi connectivity index (χ1v) is 10.3. The number of piperazine rings is 1. The highest BCUT2D eigenvalue weighted by atomic mass is 16.2. The molecule has 1 amide bonds. The Labute approximate surface area is 184 Å². The number of aryl methyl sites for hydroxylation is 1. The Morgan fingerprint density at radius 3 is 2.44 bits per heavy atom. The summed E-state index contributed by atoms with van der Waals surface area (Å²) >= 11 is 0. The van der Waals surface area contributed by atoms with Gasteiger partial charge in [0.05, 0.1) is 5.56 Å². The average Bonchev–Trinajstić information content (AvgIpc) is 2.84. The summed E-state index contributed by atoms with van der Waals surface area (Å²) in [6, 6.07) is 11.7. The van der Waals surface area contributed by atoms with Crippen LogP contribution in [0, 0.1) is 0 Å². The number of benzene rings is 1.